The second-order valence-electron chi connectivity index (χ2n) is 4.34. The molecule has 0 spiro atoms. The van der Waals surface area contributed by atoms with Crippen LogP contribution in [0.25, 0.3) is 0 Å². The summed E-state index contributed by atoms with van der Waals surface area (Å²) in [6.07, 6.45) is 0. The molecule has 0 aliphatic rings. The highest BCUT2D eigenvalue weighted by Crippen LogP contribution is 2.22. The number of carbonyl (C=O) groups excluding carboxylic acids is 1. The minimum Gasteiger partial charge on any atom is -0.493 e. The van der Waals surface area contributed by atoms with Crippen LogP contribution in [0.15, 0.2) is 36.4 Å². The highest BCUT2D eigenvalue weighted by molar-refractivity contribution is 6.11. The van der Waals surface area contributed by atoms with Crippen molar-refractivity contribution in [2.75, 3.05) is 6.61 Å². The van der Waals surface area contributed by atoms with Gasteiger partial charge in [0.25, 0.3) is 0 Å². The van der Waals surface area contributed by atoms with Gasteiger partial charge in [-0.05, 0) is 45.0 Å². The largest absolute Gasteiger partial charge is 0.493 e. The molecule has 98 valence electrons. The Labute approximate surface area is 113 Å². The van der Waals surface area contributed by atoms with Crippen molar-refractivity contribution in [3.8, 4) is 5.75 Å². The summed E-state index contributed by atoms with van der Waals surface area (Å²) in [5, 5.41) is 0. The molecule has 0 aliphatic carbocycles. The lowest BCUT2D eigenvalue weighted by Crippen LogP contribution is -2.08. The summed E-state index contributed by atoms with van der Waals surface area (Å²) < 4.78 is 5.50. The predicted molar refractivity (Wildman–Crippen MR) is 74.8 cm³/mol. The number of rotatable bonds is 4. The molecule has 1 heterocycles. The third-order valence-electron chi connectivity index (χ3n) is 2.90. The first-order valence-electron chi connectivity index (χ1n) is 6.34. The van der Waals surface area contributed by atoms with E-state index in [9.17, 15) is 4.79 Å². The van der Waals surface area contributed by atoms with Gasteiger partial charge in [-0.15, -0.1) is 0 Å². The number of para-hydroxylation sites is 1. The number of nitrogens with zero attached hydrogens (tertiary/aromatic N) is 1. The van der Waals surface area contributed by atoms with E-state index in [-0.39, 0.29) is 5.78 Å². The average Bonchev–Trinajstić information content (AvgIpc) is 2.39. The Morgan fingerprint density at radius 3 is 2.53 bits per heavy atom. The van der Waals surface area contributed by atoms with Gasteiger partial charge < -0.3 is 4.74 Å². The van der Waals surface area contributed by atoms with Crippen molar-refractivity contribution in [2.24, 2.45) is 0 Å². The van der Waals surface area contributed by atoms with E-state index in [1.54, 1.807) is 6.07 Å². The molecule has 0 bridgehead atoms. The average molecular weight is 255 g/mol. The van der Waals surface area contributed by atoms with E-state index in [0.717, 1.165) is 11.4 Å². The van der Waals surface area contributed by atoms with Gasteiger partial charge in [-0.2, -0.15) is 0 Å². The van der Waals surface area contributed by atoms with E-state index in [2.05, 4.69) is 4.98 Å². The van der Waals surface area contributed by atoms with Gasteiger partial charge >= 0.3 is 0 Å². The van der Waals surface area contributed by atoms with Crippen molar-refractivity contribution < 1.29 is 9.53 Å². The monoisotopic (exact) mass is 255 g/mol. The summed E-state index contributed by atoms with van der Waals surface area (Å²) in [7, 11) is 0. The lowest BCUT2D eigenvalue weighted by molar-refractivity contribution is 0.103. The number of hydrogen-bond donors (Lipinski definition) is 0. The SMILES string of the molecule is CCOc1ccccc1C(=O)c1ccc(C)nc1C. The van der Waals surface area contributed by atoms with Crippen LogP contribution in [0.3, 0.4) is 0 Å². The van der Waals surface area contributed by atoms with Crippen LogP contribution in [0.1, 0.15) is 34.2 Å². The van der Waals surface area contributed by atoms with E-state index in [1.165, 1.54) is 0 Å². The fourth-order valence-electron chi connectivity index (χ4n) is 2.01. The zero-order chi connectivity index (χ0) is 13.8. The number of aryl methyl sites for hydroxylation is 2. The molecular formula is C16H17NO2. The number of ether oxygens (including phenoxy) is 1. The normalized spacial score (nSPS) is 10.3. The minimum absolute atomic E-state index is 0.0472. The molecule has 0 aliphatic heterocycles. The molecule has 0 N–H and O–H groups in total. The van der Waals surface area contributed by atoms with Gasteiger partial charge in [0.05, 0.1) is 12.2 Å². The summed E-state index contributed by atoms with van der Waals surface area (Å²) in [5.74, 6) is 0.573. The van der Waals surface area contributed by atoms with Crippen LogP contribution in [0.4, 0.5) is 0 Å². The molecule has 0 saturated carbocycles. The smallest absolute Gasteiger partial charge is 0.198 e. The molecule has 2 aromatic rings. The van der Waals surface area contributed by atoms with Crippen LogP contribution in [0.2, 0.25) is 0 Å². The topological polar surface area (TPSA) is 39.2 Å². The van der Waals surface area contributed by atoms with Gasteiger partial charge in [-0.1, -0.05) is 12.1 Å². The third kappa shape index (κ3) is 2.81. The summed E-state index contributed by atoms with van der Waals surface area (Å²) in [4.78, 5) is 16.9. The van der Waals surface area contributed by atoms with Gasteiger partial charge in [0, 0.05) is 17.0 Å². The Bertz CT molecular complexity index is 605. The molecule has 19 heavy (non-hydrogen) atoms. The highest BCUT2D eigenvalue weighted by Gasteiger charge is 2.16. The molecule has 0 fully saturated rings. The van der Waals surface area contributed by atoms with E-state index in [4.69, 9.17) is 4.74 Å². The van der Waals surface area contributed by atoms with Crippen molar-refractivity contribution in [3.05, 3.63) is 58.9 Å². The van der Waals surface area contributed by atoms with Gasteiger partial charge in [0.2, 0.25) is 0 Å². The first-order chi connectivity index (χ1) is 9.13. The van der Waals surface area contributed by atoms with Gasteiger partial charge in [-0.25, -0.2) is 0 Å². The van der Waals surface area contributed by atoms with Crippen molar-refractivity contribution in [1.29, 1.82) is 0 Å². The molecular weight excluding hydrogens is 238 g/mol. The lowest BCUT2D eigenvalue weighted by Gasteiger charge is -2.10. The molecule has 3 heteroatoms. The summed E-state index contributed by atoms with van der Waals surface area (Å²) in [5.41, 5.74) is 2.86. The Morgan fingerprint density at radius 2 is 1.84 bits per heavy atom. The van der Waals surface area contributed by atoms with E-state index in [0.29, 0.717) is 23.5 Å². The summed E-state index contributed by atoms with van der Waals surface area (Å²) in [6, 6.07) is 11.0. The number of ketones is 1. The Balaban J connectivity index is 2.44. The fourth-order valence-corrected chi connectivity index (χ4v) is 2.01. The molecule has 2 rings (SSSR count). The minimum atomic E-state index is -0.0472. The molecule has 1 aromatic carbocycles. The maximum atomic E-state index is 12.6. The first kappa shape index (κ1) is 13.3. The first-order valence-corrected chi connectivity index (χ1v) is 6.34. The number of pyridine rings is 1. The number of carbonyl (C=O) groups is 1. The van der Waals surface area contributed by atoms with Crippen molar-refractivity contribution in [2.45, 2.75) is 20.8 Å². The van der Waals surface area contributed by atoms with Crippen LogP contribution >= 0.6 is 0 Å². The molecule has 0 amide bonds. The Kier molecular flexibility index (Phi) is 3.95. The zero-order valence-corrected chi connectivity index (χ0v) is 11.4. The Morgan fingerprint density at radius 1 is 1.11 bits per heavy atom. The van der Waals surface area contributed by atoms with Crippen LogP contribution in [0, 0.1) is 13.8 Å². The second-order valence-corrected chi connectivity index (χ2v) is 4.34. The highest BCUT2D eigenvalue weighted by atomic mass is 16.5. The number of aromatic nitrogens is 1. The quantitative estimate of drug-likeness (QED) is 0.787. The zero-order valence-electron chi connectivity index (χ0n) is 11.4. The van der Waals surface area contributed by atoms with Crippen molar-refractivity contribution in [3.63, 3.8) is 0 Å². The predicted octanol–water partition coefficient (Wildman–Crippen LogP) is 3.33. The molecule has 0 radical (unpaired) electrons. The second kappa shape index (κ2) is 5.65. The maximum absolute atomic E-state index is 12.6. The third-order valence-corrected chi connectivity index (χ3v) is 2.90. The number of benzene rings is 1. The van der Waals surface area contributed by atoms with Crippen molar-refractivity contribution in [1.82, 2.24) is 4.98 Å². The van der Waals surface area contributed by atoms with Gasteiger partial charge in [0.1, 0.15) is 5.75 Å². The maximum Gasteiger partial charge on any atom is 0.198 e. The molecule has 0 unspecified atom stereocenters. The van der Waals surface area contributed by atoms with Crippen LogP contribution in [0.5, 0.6) is 5.75 Å². The van der Waals surface area contributed by atoms with E-state index < -0.39 is 0 Å². The molecule has 0 atom stereocenters. The fraction of sp³-hybridized carbons (Fsp3) is 0.250. The molecule has 1 aromatic heterocycles. The van der Waals surface area contributed by atoms with E-state index in [1.807, 2.05) is 51.1 Å². The molecule has 0 saturated heterocycles. The number of hydrogen-bond acceptors (Lipinski definition) is 3. The lowest BCUT2D eigenvalue weighted by atomic mass is 10.0. The molecule has 3 nitrogen and oxygen atoms in total. The standard InChI is InChI=1S/C16H17NO2/c1-4-19-15-8-6-5-7-14(15)16(18)13-10-9-11(2)17-12(13)3/h5-10H,4H2,1-3H3. The Hall–Kier alpha value is -2.16. The summed E-state index contributed by atoms with van der Waals surface area (Å²) >= 11 is 0. The van der Waals surface area contributed by atoms with Crippen LogP contribution < -0.4 is 4.74 Å². The van der Waals surface area contributed by atoms with Gasteiger partial charge in [0.15, 0.2) is 5.78 Å². The van der Waals surface area contributed by atoms with Crippen molar-refractivity contribution >= 4 is 5.78 Å². The van der Waals surface area contributed by atoms with Crippen LogP contribution in [-0.2, 0) is 0 Å². The van der Waals surface area contributed by atoms with Gasteiger partial charge in [-0.3, -0.25) is 9.78 Å². The van der Waals surface area contributed by atoms with Crippen LogP contribution in [-0.4, -0.2) is 17.4 Å². The van der Waals surface area contributed by atoms with E-state index >= 15 is 0 Å². The summed E-state index contributed by atoms with van der Waals surface area (Å²) in [6.45, 7) is 6.20.